The first-order chi connectivity index (χ1) is 10.4. The third-order valence-electron chi connectivity index (χ3n) is 3.57. The minimum Gasteiger partial charge on any atom is -0.352 e. The lowest BCUT2D eigenvalue weighted by atomic mass is 10.1. The van der Waals surface area contributed by atoms with Crippen LogP contribution in [0.1, 0.15) is 23.9 Å². The predicted octanol–water partition coefficient (Wildman–Crippen LogP) is 3.24. The minimum absolute atomic E-state index is 0.0759. The molecule has 22 heavy (non-hydrogen) atoms. The van der Waals surface area contributed by atoms with E-state index >= 15 is 0 Å². The molecule has 1 amide bonds. The zero-order valence-corrected chi connectivity index (χ0v) is 13.6. The summed E-state index contributed by atoms with van der Waals surface area (Å²) >= 11 is 6.10. The van der Waals surface area contributed by atoms with Crippen molar-refractivity contribution in [3.8, 4) is 0 Å². The van der Waals surface area contributed by atoms with Gasteiger partial charge in [-0.15, -0.1) is 0 Å². The highest BCUT2D eigenvalue weighted by Gasteiger charge is 2.17. The summed E-state index contributed by atoms with van der Waals surface area (Å²) in [6, 6.07) is 6.06. The predicted molar refractivity (Wildman–Crippen MR) is 84.1 cm³/mol. The first-order valence-corrected chi connectivity index (χ1v) is 7.48. The number of carbonyl (C=O) groups is 1. The van der Waals surface area contributed by atoms with Gasteiger partial charge in [-0.1, -0.05) is 30.7 Å². The Labute approximate surface area is 134 Å². The Hall–Kier alpha value is -1.88. The van der Waals surface area contributed by atoms with Gasteiger partial charge in [-0.3, -0.25) is 9.48 Å². The van der Waals surface area contributed by atoms with Gasteiger partial charge in [0.1, 0.15) is 5.82 Å². The van der Waals surface area contributed by atoms with Gasteiger partial charge in [-0.2, -0.15) is 5.10 Å². The fourth-order valence-electron chi connectivity index (χ4n) is 2.16. The average Bonchev–Trinajstić information content (AvgIpc) is 2.73. The van der Waals surface area contributed by atoms with Crippen molar-refractivity contribution in [1.82, 2.24) is 15.1 Å². The quantitative estimate of drug-likeness (QED) is 0.918. The molecule has 2 aromatic rings. The largest absolute Gasteiger partial charge is 0.352 e. The summed E-state index contributed by atoms with van der Waals surface area (Å²) in [4.78, 5) is 12.1. The Morgan fingerprint density at radius 2 is 2.00 bits per heavy atom. The van der Waals surface area contributed by atoms with Crippen LogP contribution in [0.5, 0.6) is 0 Å². The third-order valence-corrected chi connectivity index (χ3v) is 4.11. The van der Waals surface area contributed by atoms with Gasteiger partial charge in [-0.25, -0.2) is 4.39 Å². The van der Waals surface area contributed by atoms with E-state index in [1.165, 1.54) is 12.1 Å². The molecule has 4 nitrogen and oxygen atoms in total. The van der Waals surface area contributed by atoms with Gasteiger partial charge in [-0.05, 0) is 31.5 Å². The molecule has 1 heterocycles. The third kappa shape index (κ3) is 3.85. The van der Waals surface area contributed by atoms with Crippen molar-refractivity contribution in [3.63, 3.8) is 0 Å². The van der Waals surface area contributed by atoms with Crippen LogP contribution in [-0.2, 0) is 17.9 Å². The number of rotatable bonds is 5. The van der Waals surface area contributed by atoms with Crippen molar-refractivity contribution in [3.05, 3.63) is 52.1 Å². The summed E-state index contributed by atoms with van der Waals surface area (Å²) in [5.74, 6) is -0.604. The number of amides is 1. The fraction of sp³-hybridized carbons (Fsp3) is 0.375. The molecular weight excluding hydrogens is 305 g/mol. The number of carbonyl (C=O) groups excluding carboxylic acids is 1. The van der Waals surface area contributed by atoms with E-state index in [2.05, 4.69) is 10.4 Å². The lowest BCUT2D eigenvalue weighted by Crippen LogP contribution is -2.31. The van der Waals surface area contributed by atoms with Gasteiger partial charge >= 0.3 is 0 Å². The molecule has 0 fully saturated rings. The molecule has 1 aromatic carbocycles. The van der Waals surface area contributed by atoms with Gasteiger partial charge in [0.2, 0.25) is 5.91 Å². The first-order valence-electron chi connectivity index (χ1n) is 7.10. The Bertz CT molecular complexity index is 667. The minimum atomic E-state index is -0.287. The highest BCUT2D eigenvalue weighted by Crippen LogP contribution is 2.19. The van der Waals surface area contributed by atoms with Crippen LogP contribution in [0.4, 0.5) is 4.39 Å². The molecule has 0 aliphatic carbocycles. The van der Waals surface area contributed by atoms with Gasteiger partial charge in [0, 0.05) is 6.54 Å². The normalized spacial score (nSPS) is 12.2. The molecule has 118 valence electrons. The second kappa shape index (κ2) is 6.92. The zero-order valence-electron chi connectivity index (χ0n) is 12.9. The molecule has 1 aromatic heterocycles. The number of nitrogens with zero attached hydrogens (tertiary/aromatic N) is 2. The van der Waals surface area contributed by atoms with Crippen LogP contribution in [-0.4, -0.2) is 15.7 Å². The highest BCUT2D eigenvalue weighted by atomic mass is 35.5. The molecular formula is C16H19ClFN3O. The molecule has 1 N–H and O–H groups in total. The smallest absolute Gasteiger partial charge is 0.224 e. The maximum Gasteiger partial charge on any atom is 0.224 e. The number of halogens is 2. The van der Waals surface area contributed by atoms with Gasteiger partial charge in [0.25, 0.3) is 0 Å². The number of aryl methyl sites for hydroxylation is 1. The molecule has 1 unspecified atom stereocenters. The zero-order chi connectivity index (χ0) is 16.3. The summed E-state index contributed by atoms with van der Waals surface area (Å²) in [5, 5.41) is 7.80. The molecule has 0 radical (unpaired) electrons. The monoisotopic (exact) mass is 323 g/mol. The van der Waals surface area contributed by atoms with E-state index in [1.807, 2.05) is 20.8 Å². The van der Waals surface area contributed by atoms with Crippen LogP contribution in [0.15, 0.2) is 24.3 Å². The van der Waals surface area contributed by atoms with Gasteiger partial charge in [0.15, 0.2) is 0 Å². The molecule has 0 spiro atoms. The van der Waals surface area contributed by atoms with E-state index in [4.69, 9.17) is 11.6 Å². The van der Waals surface area contributed by atoms with Crippen LogP contribution in [0, 0.1) is 25.6 Å². The molecule has 0 bridgehead atoms. The van der Waals surface area contributed by atoms with E-state index in [-0.39, 0.29) is 17.6 Å². The fourth-order valence-corrected chi connectivity index (χ4v) is 2.30. The van der Waals surface area contributed by atoms with E-state index in [9.17, 15) is 9.18 Å². The molecule has 1 atom stereocenters. The van der Waals surface area contributed by atoms with E-state index < -0.39 is 0 Å². The Kier molecular flexibility index (Phi) is 5.19. The van der Waals surface area contributed by atoms with Crippen LogP contribution in [0.3, 0.4) is 0 Å². The topological polar surface area (TPSA) is 46.9 Å². The van der Waals surface area contributed by atoms with Gasteiger partial charge in [0.05, 0.1) is 28.9 Å². The lowest BCUT2D eigenvalue weighted by Gasteiger charge is -2.13. The van der Waals surface area contributed by atoms with Crippen molar-refractivity contribution < 1.29 is 9.18 Å². The highest BCUT2D eigenvalue weighted by molar-refractivity contribution is 6.31. The Morgan fingerprint density at radius 1 is 1.36 bits per heavy atom. The van der Waals surface area contributed by atoms with E-state index in [0.717, 1.165) is 17.0 Å². The summed E-state index contributed by atoms with van der Waals surface area (Å²) in [6.45, 7) is 6.40. The summed E-state index contributed by atoms with van der Waals surface area (Å²) < 4.78 is 14.6. The van der Waals surface area contributed by atoms with Crippen molar-refractivity contribution in [1.29, 1.82) is 0 Å². The van der Waals surface area contributed by atoms with Gasteiger partial charge < -0.3 is 5.32 Å². The molecule has 0 aliphatic heterocycles. The summed E-state index contributed by atoms with van der Waals surface area (Å²) in [5.41, 5.74) is 2.48. The van der Waals surface area contributed by atoms with Crippen LogP contribution in [0.25, 0.3) is 0 Å². The summed E-state index contributed by atoms with van der Waals surface area (Å²) in [7, 11) is 0. The second-order valence-corrected chi connectivity index (χ2v) is 5.79. The molecule has 0 saturated heterocycles. The number of hydrogen-bond acceptors (Lipinski definition) is 2. The number of benzene rings is 1. The van der Waals surface area contributed by atoms with Crippen LogP contribution >= 0.6 is 11.6 Å². The molecule has 2 rings (SSSR count). The molecule has 0 saturated carbocycles. The van der Waals surface area contributed by atoms with Crippen molar-refractivity contribution in [2.75, 3.05) is 0 Å². The SMILES string of the molecule is Cc1nn(CC(C)C(=O)NCc2ccc(F)cc2)c(C)c1Cl. The second-order valence-electron chi connectivity index (χ2n) is 5.41. The number of hydrogen-bond donors (Lipinski definition) is 1. The standard InChI is InChI=1S/C16H19ClFN3O/c1-10(9-21-12(3)15(17)11(2)20-21)16(22)19-8-13-4-6-14(18)7-5-13/h4-7,10H,8-9H2,1-3H3,(H,19,22). The van der Waals surface area contributed by atoms with Crippen molar-refractivity contribution in [2.45, 2.75) is 33.9 Å². The average molecular weight is 324 g/mol. The van der Waals surface area contributed by atoms with E-state index in [1.54, 1.807) is 16.8 Å². The maximum absolute atomic E-state index is 12.8. The maximum atomic E-state index is 12.8. The Morgan fingerprint density at radius 3 is 2.55 bits per heavy atom. The summed E-state index contributed by atoms with van der Waals surface area (Å²) in [6.07, 6.45) is 0. The van der Waals surface area contributed by atoms with Crippen molar-refractivity contribution in [2.24, 2.45) is 5.92 Å². The van der Waals surface area contributed by atoms with Crippen LogP contribution in [0.2, 0.25) is 5.02 Å². The Balaban J connectivity index is 1.91. The van der Waals surface area contributed by atoms with Crippen LogP contribution < -0.4 is 5.32 Å². The molecule has 6 heteroatoms. The number of aromatic nitrogens is 2. The first kappa shape index (κ1) is 16.5. The lowest BCUT2D eigenvalue weighted by molar-refractivity contribution is -0.125. The van der Waals surface area contributed by atoms with Crippen molar-refractivity contribution >= 4 is 17.5 Å². The van der Waals surface area contributed by atoms with E-state index in [0.29, 0.717) is 18.1 Å². The number of nitrogens with one attached hydrogen (secondary N) is 1. The molecule has 0 aliphatic rings.